The van der Waals surface area contributed by atoms with Crippen molar-refractivity contribution < 1.29 is 14.1 Å². The molecular formula is C10H14N4O3. The Kier molecular flexibility index (Phi) is 3.08. The summed E-state index contributed by atoms with van der Waals surface area (Å²) in [5, 5.41) is 6.27. The lowest BCUT2D eigenvalue weighted by Crippen LogP contribution is -2.42. The fourth-order valence-corrected chi connectivity index (χ4v) is 1.72. The Bertz CT molecular complexity index is 443. The number of aromatic nitrogens is 2. The summed E-state index contributed by atoms with van der Waals surface area (Å²) < 4.78 is 4.96. The molecule has 1 N–H and O–H groups in total. The molecule has 0 saturated carbocycles. The minimum Gasteiger partial charge on any atom is -0.345 e. The first kappa shape index (κ1) is 11.6. The fraction of sp³-hybridized carbons (Fsp3) is 0.600. The van der Waals surface area contributed by atoms with Gasteiger partial charge >= 0.3 is 0 Å². The highest BCUT2D eigenvalue weighted by atomic mass is 16.5. The largest absolute Gasteiger partial charge is 0.345 e. The van der Waals surface area contributed by atoms with Crippen LogP contribution in [-0.2, 0) is 16.1 Å². The van der Waals surface area contributed by atoms with Gasteiger partial charge < -0.3 is 14.7 Å². The lowest BCUT2D eigenvalue weighted by molar-refractivity contribution is -0.133. The number of nitrogens with zero attached hydrogens (tertiary/aromatic N) is 3. The molecule has 1 aliphatic rings. The van der Waals surface area contributed by atoms with Gasteiger partial charge in [-0.25, -0.2) is 0 Å². The van der Waals surface area contributed by atoms with Crippen molar-refractivity contribution in [3.63, 3.8) is 0 Å². The minimum atomic E-state index is -0.506. The van der Waals surface area contributed by atoms with Gasteiger partial charge in [0.2, 0.25) is 17.7 Å². The summed E-state index contributed by atoms with van der Waals surface area (Å²) in [6.45, 7) is 4.00. The summed E-state index contributed by atoms with van der Waals surface area (Å²) in [7, 11) is 0. The first-order chi connectivity index (χ1) is 8.06. The van der Waals surface area contributed by atoms with Gasteiger partial charge in [0, 0.05) is 13.0 Å². The number of rotatable bonds is 2. The lowest BCUT2D eigenvalue weighted by atomic mass is 10.3. The highest BCUT2D eigenvalue weighted by molar-refractivity contribution is 5.89. The molecule has 92 valence electrons. The van der Waals surface area contributed by atoms with Gasteiger partial charge in [0.05, 0.1) is 0 Å². The summed E-state index contributed by atoms with van der Waals surface area (Å²) in [6, 6.07) is -0.506. The van der Waals surface area contributed by atoms with Gasteiger partial charge in [-0.05, 0) is 13.8 Å². The van der Waals surface area contributed by atoms with Gasteiger partial charge in [-0.3, -0.25) is 9.59 Å². The van der Waals surface area contributed by atoms with E-state index in [1.54, 1.807) is 18.7 Å². The van der Waals surface area contributed by atoms with Crippen LogP contribution in [0.2, 0.25) is 0 Å². The zero-order chi connectivity index (χ0) is 12.4. The molecule has 7 heteroatoms. The van der Waals surface area contributed by atoms with Crippen molar-refractivity contribution in [2.75, 3.05) is 6.54 Å². The fourth-order valence-electron chi connectivity index (χ4n) is 1.72. The minimum absolute atomic E-state index is 0.116. The molecule has 1 unspecified atom stereocenters. The van der Waals surface area contributed by atoms with Crippen LogP contribution in [-0.4, -0.2) is 39.4 Å². The van der Waals surface area contributed by atoms with Crippen molar-refractivity contribution in [1.82, 2.24) is 20.4 Å². The second-order valence-electron chi connectivity index (χ2n) is 4.03. The molecule has 7 nitrogen and oxygen atoms in total. The van der Waals surface area contributed by atoms with Crippen LogP contribution >= 0.6 is 0 Å². The van der Waals surface area contributed by atoms with Crippen LogP contribution in [0.4, 0.5) is 0 Å². The highest BCUT2D eigenvalue weighted by Gasteiger charge is 2.27. The van der Waals surface area contributed by atoms with E-state index in [2.05, 4.69) is 15.5 Å². The molecule has 1 aromatic heterocycles. The van der Waals surface area contributed by atoms with Crippen LogP contribution < -0.4 is 5.32 Å². The first-order valence-corrected chi connectivity index (χ1v) is 5.43. The summed E-state index contributed by atoms with van der Waals surface area (Å²) in [6.07, 6.45) is 0.295. The van der Waals surface area contributed by atoms with Gasteiger partial charge in [-0.1, -0.05) is 5.16 Å². The Hall–Kier alpha value is -1.92. The van der Waals surface area contributed by atoms with Crippen LogP contribution in [0.1, 0.15) is 25.1 Å². The molecule has 1 aliphatic heterocycles. The maximum Gasteiger partial charge on any atom is 0.246 e. The Labute approximate surface area is 98.2 Å². The van der Waals surface area contributed by atoms with E-state index >= 15 is 0 Å². The molecule has 0 aromatic carbocycles. The van der Waals surface area contributed by atoms with E-state index in [4.69, 9.17) is 4.52 Å². The van der Waals surface area contributed by atoms with E-state index in [0.717, 1.165) is 0 Å². The Morgan fingerprint density at radius 1 is 1.53 bits per heavy atom. The molecule has 2 rings (SSSR count). The van der Waals surface area contributed by atoms with Crippen molar-refractivity contribution in [3.05, 3.63) is 11.7 Å². The van der Waals surface area contributed by atoms with Crippen molar-refractivity contribution >= 4 is 11.8 Å². The predicted octanol–water partition coefficient (Wildman–Crippen LogP) is -0.385. The van der Waals surface area contributed by atoms with Gasteiger partial charge in [0.1, 0.15) is 12.6 Å². The third-order valence-corrected chi connectivity index (χ3v) is 2.56. The van der Waals surface area contributed by atoms with Gasteiger partial charge in [0.25, 0.3) is 0 Å². The SMILES string of the molecule is Cc1noc(CN2CCC(=O)NC(C)C2=O)n1. The molecule has 0 radical (unpaired) electrons. The number of aryl methyl sites for hydroxylation is 1. The Morgan fingerprint density at radius 3 is 2.94 bits per heavy atom. The second-order valence-corrected chi connectivity index (χ2v) is 4.03. The predicted molar refractivity (Wildman–Crippen MR) is 56.7 cm³/mol. The van der Waals surface area contributed by atoms with E-state index in [0.29, 0.717) is 24.7 Å². The average molecular weight is 238 g/mol. The quantitative estimate of drug-likeness (QED) is 0.758. The molecule has 2 amide bonds. The molecule has 1 aromatic rings. The zero-order valence-corrected chi connectivity index (χ0v) is 9.77. The molecule has 0 spiro atoms. The molecule has 2 heterocycles. The van der Waals surface area contributed by atoms with Gasteiger partial charge in [-0.15, -0.1) is 0 Å². The Morgan fingerprint density at radius 2 is 2.29 bits per heavy atom. The van der Waals surface area contributed by atoms with E-state index in [1.165, 1.54) is 0 Å². The van der Waals surface area contributed by atoms with Crippen molar-refractivity contribution in [2.24, 2.45) is 0 Å². The number of hydrogen-bond acceptors (Lipinski definition) is 5. The lowest BCUT2D eigenvalue weighted by Gasteiger charge is -2.19. The summed E-state index contributed by atoms with van der Waals surface area (Å²) in [4.78, 5) is 28.8. The Balaban J connectivity index is 2.08. The molecule has 1 saturated heterocycles. The second kappa shape index (κ2) is 4.52. The molecule has 0 bridgehead atoms. The molecule has 1 atom stereocenters. The third-order valence-electron chi connectivity index (χ3n) is 2.56. The summed E-state index contributed by atoms with van der Waals surface area (Å²) in [5.74, 6) is 0.670. The third kappa shape index (κ3) is 2.61. The topological polar surface area (TPSA) is 88.3 Å². The van der Waals surface area contributed by atoms with Crippen LogP contribution in [0, 0.1) is 6.92 Å². The number of carbonyl (C=O) groups excluding carboxylic acids is 2. The van der Waals surface area contributed by atoms with Crippen LogP contribution in [0.25, 0.3) is 0 Å². The molecule has 17 heavy (non-hydrogen) atoms. The van der Waals surface area contributed by atoms with Crippen LogP contribution in [0.5, 0.6) is 0 Å². The van der Waals surface area contributed by atoms with Crippen molar-refractivity contribution in [3.8, 4) is 0 Å². The average Bonchev–Trinajstić information content (AvgIpc) is 2.64. The standard InChI is InChI=1S/C10H14N4O3/c1-6-10(16)14(4-3-8(15)11-6)5-9-12-7(2)13-17-9/h6H,3-5H2,1-2H3,(H,11,15). The number of nitrogens with one attached hydrogen (secondary N) is 1. The number of amides is 2. The zero-order valence-electron chi connectivity index (χ0n) is 9.77. The smallest absolute Gasteiger partial charge is 0.246 e. The molecular weight excluding hydrogens is 224 g/mol. The number of carbonyl (C=O) groups is 2. The van der Waals surface area contributed by atoms with E-state index in [1.807, 2.05) is 0 Å². The monoisotopic (exact) mass is 238 g/mol. The highest BCUT2D eigenvalue weighted by Crippen LogP contribution is 2.08. The first-order valence-electron chi connectivity index (χ1n) is 5.43. The van der Waals surface area contributed by atoms with Crippen molar-refractivity contribution in [1.29, 1.82) is 0 Å². The van der Waals surface area contributed by atoms with E-state index in [9.17, 15) is 9.59 Å². The van der Waals surface area contributed by atoms with E-state index < -0.39 is 6.04 Å². The maximum absolute atomic E-state index is 11.9. The maximum atomic E-state index is 11.9. The van der Waals surface area contributed by atoms with Crippen molar-refractivity contribution in [2.45, 2.75) is 32.9 Å². The van der Waals surface area contributed by atoms with Gasteiger partial charge in [-0.2, -0.15) is 4.98 Å². The molecule has 1 fully saturated rings. The van der Waals surface area contributed by atoms with Crippen LogP contribution in [0.15, 0.2) is 4.52 Å². The molecule has 0 aliphatic carbocycles. The summed E-state index contributed by atoms with van der Waals surface area (Å²) >= 11 is 0. The summed E-state index contributed by atoms with van der Waals surface area (Å²) in [5.41, 5.74) is 0. The van der Waals surface area contributed by atoms with E-state index in [-0.39, 0.29) is 18.4 Å². The van der Waals surface area contributed by atoms with Gasteiger partial charge in [0.15, 0.2) is 5.82 Å². The van der Waals surface area contributed by atoms with Crippen LogP contribution in [0.3, 0.4) is 0 Å². The normalized spacial score (nSPS) is 21.3. The number of hydrogen-bond donors (Lipinski definition) is 1.